The number of nitrogens with zero attached hydrogens (tertiary/aromatic N) is 1. The summed E-state index contributed by atoms with van der Waals surface area (Å²) in [7, 11) is 0. The van der Waals surface area contributed by atoms with Crippen LogP contribution in [0.4, 0.5) is 5.69 Å². The molecule has 6 nitrogen and oxygen atoms in total. The van der Waals surface area contributed by atoms with E-state index in [-0.39, 0.29) is 22.9 Å². The fraction of sp³-hybridized carbons (Fsp3) is 0.368. The number of benzene rings is 1. The van der Waals surface area contributed by atoms with E-state index >= 15 is 0 Å². The van der Waals surface area contributed by atoms with Gasteiger partial charge in [-0.3, -0.25) is 19.7 Å². The third-order valence-electron chi connectivity index (χ3n) is 3.85. The van der Waals surface area contributed by atoms with Gasteiger partial charge in [-0.2, -0.15) is 0 Å². The first-order valence-electron chi connectivity index (χ1n) is 8.24. The maximum atomic E-state index is 12.1. The monoisotopic (exact) mass is 374 g/mol. The van der Waals surface area contributed by atoms with Crippen LogP contribution >= 0.6 is 11.3 Å². The molecule has 1 N–H and O–H groups in total. The van der Waals surface area contributed by atoms with E-state index in [0.717, 1.165) is 11.3 Å². The van der Waals surface area contributed by atoms with Crippen molar-refractivity contribution in [1.29, 1.82) is 0 Å². The zero-order valence-electron chi connectivity index (χ0n) is 15.5. The molecule has 138 valence electrons. The minimum atomic E-state index is -0.530. The van der Waals surface area contributed by atoms with Gasteiger partial charge < -0.3 is 4.98 Å². The number of carbonyl (C=O) groups excluding carboxylic acids is 1. The SMILES string of the molecule is CC(C)c1ccc(/C=c2\s/c(=C\C(=O)C(C)(C)C)[nH]c2=O)cc1[N+](=O)[O-]. The first-order chi connectivity index (χ1) is 12.0. The van der Waals surface area contributed by atoms with Crippen LogP contribution in [0.25, 0.3) is 12.2 Å². The maximum absolute atomic E-state index is 12.1. The molecule has 26 heavy (non-hydrogen) atoms. The third kappa shape index (κ3) is 4.54. The Bertz CT molecular complexity index is 1020. The summed E-state index contributed by atoms with van der Waals surface area (Å²) in [5.74, 6) is -0.0577. The number of nitro benzene ring substituents is 1. The lowest BCUT2D eigenvalue weighted by Gasteiger charge is -2.12. The van der Waals surface area contributed by atoms with E-state index in [4.69, 9.17) is 0 Å². The summed E-state index contributed by atoms with van der Waals surface area (Å²) in [5, 5.41) is 11.3. The molecular weight excluding hydrogens is 352 g/mol. The molecule has 0 saturated carbocycles. The summed E-state index contributed by atoms with van der Waals surface area (Å²) in [4.78, 5) is 37.8. The lowest BCUT2D eigenvalue weighted by molar-refractivity contribution is -0.385. The molecule has 0 unspecified atom stereocenters. The smallest absolute Gasteiger partial charge is 0.273 e. The number of H-pyrrole nitrogens is 1. The van der Waals surface area contributed by atoms with Crippen LogP contribution in [0.2, 0.25) is 0 Å². The minimum absolute atomic E-state index is 0.0270. The van der Waals surface area contributed by atoms with Crippen molar-refractivity contribution in [2.45, 2.75) is 40.5 Å². The molecule has 0 aliphatic rings. The molecule has 0 aliphatic carbocycles. The van der Waals surface area contributed by atoms with Gasteiger partial charge in [0, 0.05) is 23.1 Å². The Morgan fingerprint density at radius 3 is 2.50 bits per heavy atom. The highest BCUT2D eigenvalue weighted by Gasteiger charge is 2.19. The Morgan fingerprint density at radius 2 is 1.96 bits per heavy atom. The van der Waals surface area contributed by atoms with Crippen molar-refractivity contribution >= 4 is 35.0 Å². The number of thiazole rings is 1. The van der Waals surface area contributed by atoms with Gasteiger partial charge in [-0.05, 0) is 17.6 Å². The number of ketones is 1. The predicted octanol–water partition coefficient (Wildman–Crippen LogP) is 2.69. The molecule has 1 aromatic carbocycles. The summed E-state index contributed by atoms with van der Waals surface area (Å²) < 4.78 is 0.860. The Balaban J connectivity index is 2.54. The van der Waals surface area contributed by atoms with Crippen LogP contribution in [0, 0.1) is 15.5 Å². The molecule has 1 heterocycles. The van der Waals surface area contributed by atoms with Gasteiger partial charge in [0.15, 0.2) is 5.78 Å². The lowest BCUT2D eigenvalue weighted by atomic mass is 9.91. The lowest BCUT2D eigenvalue weighted by Crippen LogP contribution is -2.22. The highest BCUT2D eigenvalue weighted by molar-refractivity contribution is 7.07. The van der Waals surface area contributed by atoms with Crippen LogP contribution in [0.5, 0.6) is 0 Å². The zero-order chi connectivity index (χ0) is 19.6. The van der Waals surface area contributed by atoms with Gasteiger partial charge in [0.25, 0.3) is 11.2 Å². The van der Waals surface area contributed by atoms with E-state index < -0.39 is 10.3 Å². The fourth-order valence-electron chi connectivity index (χ4n) is 2.31. The second-order valence-corrected chi connectivity index (χ2v) is 8.50. The quantitative estimate of drug-likeness (QED) is 0.658. The standard InChI is InChI=1S/C19H22N2O4S/c1-11(2)13-7-6-12(8-14(13)21(24)25)9-15-18(23)20-17(26-15)10-16(22)19(3,4)5/h6-11H,1-5H3,(H,20,23)/b15-9-,17-10-. The summed E-state index contributed by atoms with van der Waals surface area (Å²) in [6.45, 7) is 9.20. The molecule has 0 spiro atoms. The second-order valence-electron chi connectivity index (χ2n) is 7.42. The average molecular weight is 374 g/mol. The summed E-state index contributed by atoms with van der Waals surface area (Å²) in [6.07, 6.45) is 3.02. The molecule has 0 atom stereocenters. The van der Waals surface area contributed by atoms with Crippen LogP contribution in [0.3, 0.4) is 0 Å². The van der Waals surface area contributed by atoms with Crippen molar-refractivity contribution in [3.8, 4) is 0 Å². The molecule has 0 aliphatic heterocycles. The number of hydrogen-bond donors (Lipinski definition) is 1. The second kappa shape index (κ2) is 7.37. The van der Waals surface area contributed by atoms with Crippen molar-refractivity contribution < 1.29 is 9.72 Å². The molecule has 7 heteroatoms. The van der Waals surface area contributed by atoms with Crippen molar-refractivity contribution in [3.63, 3.8) is 0 Å². The minimum Gasteiger partial charge on any atom is -0.313 e. The highest BCUT2D eigenvalue weighted by Crippen LogP contribution is 2.27. The van der Waals surface area contributed by atoms with Crippen LogP contribution < -0.4 is 14.8 Å². The third-order valence-corrected chi connectivity index (χ3v) is 4.82. The number of Topliss-reactive ketones (excluding diaryl/α,β-unsaturated/α-hetero) is 1. The molecule has 0 amide bonds. The van der Waals surface area contributed by atoms with E-state index in [1.54, 1.807) is 39.0 Å². The van der Waals surface area contributed by atoms with Crippen molar-refractivity contribution in [2.24, 2.45) is 5.41 Å². The van der Waals surface area contributed by atoms with E-state index in [2.05, 4.69) is 4.98 Å². The first-order valence-corrected chi connectivity index (χ1v) is 9.06. The Hall–Kier alpha value is -2.54. The van der Waals surface area contributed by atoms with Gasteiger partial charge >= 0.3 is 0 Å². The van der Waals surface area contributed by atoms with E-state index in [1.807, 2.05) is 13.8 Å². The number of nitro groups is 1. The van der Waals surface area contributed by atoms with Gasteiger partial charge in [-0.1, -0.05) is 46.8 Å². The summed E-state index contributed by atoms with van der Waals surface area (Å²) in [5.41, 5.74) is 0.409. The summed E-state index contributed by atoms with van der Waals surface area (Å²) >= 11 is 1.15. The number of hydrogen-bond acceptors (Lipinski definition) is 5. The van der Waals surface area contributed by atoms with E-state index in [9.17, 15) is 19.7 Å². The van der Waals surface area contributed by atoms with Crippen molar-refractivity contribution in [1.82, 2.24) is 4.98 Å². The molecule has 2 rings (SSSR count). The van der Waals surface area contributed by atoms with Gasteiger partial charge in [0.05, 0.1) is 14.1 Å². The number of aromatic nitrogens is 1. The van der Waals surface area contributed by atoms with Gasteiger partial charge in [-0.25, -0.2) is 0 Å². The van der Waals surface area contributed by atoms with E-state index in [1.165, 1.54) is 12.1 Å². The number of rotatable bonds is 4. The molecule has 0 saturated heterocycles. The van der Waals surface area contributed by atoms with E-state index in [0.29, 0.717) is 20.3 Å². The highest BCUT2D eigenvalue weighted by atomic mass is 32.1. The Labute approximate surface area is 155 Å². The maximum Gasteiger partial charge on any atom is 0.273 e. The molecule has 0 radical (unpaired) electrons. The number of nitrogens with one attached hydrogen (secondary N) is 1. The predicted molar refractivity (Wildman–Crippen MR) is 104 cm³/mol. The topological polar surface area (TPSA) is 93.1 Å². The van der Waals surface area contributed by atoms with Crippen LogP contribution in [-0.4, -0.2) is 15.7 Å². The molecule has 0 bridgehead atoms. The largest absolute Gasteiger partial charge is 0.313 e. The fourth-order valence-corrected chi connectivity index (χ4v) is 3.19. The number of carbonyl (C=O) groups is 1. The normalized spacial score (nSPS) is 13.5. The van der Waals surface area contributed by atoms with Gasteiger partial charge in [0.1, 0.15) is 0 Å². The van der Waals surface area contributed by atoms with Gasteiger partial charge in [-0.15, -0.1) is 11.3 Å². The molecule has 1 aromatic heterocycles. The Kier molecular flexibility index (Phi) is 5.61. The first kappa shape index (κ1) is 19.8. The van der Waals surface area contributed by atoms with Crippen molar-refractivity contribution in [2.75, 3.05) is 0 Å². The van der Waals surface area contributed by atoms with Crippen LogP contribution in [-0.2, 0) is 4.79 Å². The number of aromatic amines is 1. The molecular formula is C19H22N2O4S. The molecule has 2 aromatic rings. The Morgan fingerprint density at radius 1 is 1.31 bits per heavy atom. The zero-order valence-corrected chi connectivity index (χ0v) is 16.3. The van der Waals surface area contributed by atoms with Crippen LogP contribution in [0.1, 0.15) is 51.7 Å². The average Bonchev–Trinajstić information content (AvgIpc) is 2.85. The van der Waals surface area contributed by atoms with Crippen LogP contribution in [0.15, 0.2) is 23.0 Å². The molecule has 0 fully saturated rings. The summed E-state index contributed by atoms with van der Waals surface area (Å²) in [6, 6.07) is 4.94. The van der Waals surface area contributed by atoms with Crippen molar-refractivity contribution in [3.05, 3.63) is 59.0 Å². The van der Waals surface area contributed by atoms with Gasteiger partial charge in [0.2, 0.25) is 0 Å².